The zero-order valence-electron chi connectivity index (χ0n) is 16.0. The predicted octanol–water partition coefficient (Wildman–Crippen LogP) is 2.90. The number of H-pyrrole nitrogens is 1. The number of aromatic nitrogens is 2. The molecule has 6 heteroatoms. The van der Waals surface area contributed by atoms with Gasteiger partial charge in [-0.25, -0.2) is 4.98 Å². The van der Waals surface area contributed by atoms with Crippen molar-refractivity contribution < 1.29 is 4.74 Å². The first-order chi connectivity index (χ1) is 12.7. The van der Waals surface area contributed by atoms with Crippen LogP contribution in [-0.4, -0.2) is 55.2 Å². The van der Waals surface area contributed by atoms with Crippen molar-refractivity contribution in [3.8, 4) is 11.3 Å². The van der Waals surface area contributed by atoms with Crippen molar-refractivity contribution in [1.29, 1.82) is 0 Å². The lowest BCUT2D eigenvalue weighted by atomic mass is 10.0. The molecule has 1 aromatic carbocycles. The average molecular weight is 355 g/mol. The number of hydrogen-bond acceptors (Lipinski definition) is 3. The van der Waals surface area contributed by atoms with Crippen LogP contribution < -0.4 is 5.32 Å². The summed E-state index contributed by atoms with van der Waals surface area (Å²) in [6.45, 7) is 2.45. The van der Waals surface area contributed by atoms with E-state index in [0.717, 1.165) is 42.6 Å². The van der Waals surface area contributed by atoms with Gasteiger partial charge in [0.1, 0.15) is 5.82 Å². The molecule has 1 saturated carbocycles. The molecule has 1 aliphatic carbocycles. The summed E-state index contributed by atoms with van der Waals surface area (Å²) in [5, 5.41) is 3.52. The number of rotatable bonds is 8. The zero-order valence-corrected chi connectivity index (χ0v) is 16.0. The second-order valence-electron chi connectivity index (χ2n) is 7.11. The molecule has 2 N–H and O–H groups in total. The van der Waals surface area contributed by atoms with E-state index in [1.54, 1.807) is 7.11 Å². The van der Waals surface area contributed by atoms with E-state index in [9.17, 15) is 0 Å². The molecule has 0 saturated heterocycles. The molecule has 26 heavy (non-hydrogen) atoms. The molecule has 1 aliphatic rings. The summed E-state index contributed by atoms with van der Waals surface area (Å²) >= 11 is 0. The lowest BCUT2D eigenvalue weighted by molar-refractivity contribution is 0.172. The van der Waals surface area contributed by atoms with Crippen LogP contribution in [0, 0.1) is 5.41 Å². The molecule has 1 heterocycles. The van der Waals surface area contributed by atoms with E-state index in [2.05, 4.69) is 37.3 Å². The summed E-state index contributed by atoms with van der Waals surface area (Å²) in [7, 11) is 5.63. The van der Waals surface area contributed by atoms with E-state index in [4.69, 9.17) is 4.74 Å². The summed E-state index contributed by atoms with van der Waals surface area (Å²) in [5.74, 6) is 1.82. The lowest BCUT2D eigenvalue weighted by Crippen LogP contribution is -2.41. The molecule has 0 radical (unpaired) electrons. The molecule has 6 nitrogen and oxygen atoms in total. The van der Waals surface area contributed by atoms with Gasteiger partial charge in [-0.2, -0.15) is 0 Å². The summed E-state index contributed by atoms with van der Waals surface area (Å²) in [6.07, 6.45) is 5.53. The first kappa shape index (κ1) is 18.5. The van der Waals surface area contributed by atoms with E-state index in [-0.39, 0.29) is 0 Å². The third kappa shape index (κ3) is 4.64. The number of benzene rings is 1. The monoisotopic (exact) mass is 355 g/mol. The molecule has 0 unspecified atom stereocenters. The SMILES string of the molecule is CN=C(NCC1(CCOC)CC1)N(C)Cc1ncc(-c2ccccc2)[nH]1. The third-order valence-electron chi connectivity index (χ3n) is 5.09. The fourth-order valence-electron chi connectivity index (χ4n) is 3.17. The maximum atomic E-state index is 5.24. The van der Waals surface area contributed by atoms with Crippen molar-refractivity contribution in [3.63, 3.8) is 0 Å². The second-order valence-corrected chi connectivity index (χ2v) is 7.11. The highest BCUT2D eigenvalue weighted by atomic mass is 16.5. The molecule has 1 fully saturated rings. The van der Waals surface area contributed by atoms with E-state index in [1.165, 1.54) is 12.8 Å². The molecule has 0 spiro atoms. The van der Waals surface area contributed by atoms with Crippen LogP contribution in [-0.2, 0) is 11.3 Å². The van der Waals surface area contributed by atoms with E-state index in [0.29, 0.717) is 12.0 Å². The Kier molecular flexibility index (Phi) is 5.93. The highest BCUT2D eigenvalue weighted by molar-refractivity contribution is 5.79. The minimum absolute atomic E-state index is 0.387. The Balaban J connectivity index is 1.55. The maximum absolute atomic E-state index is 5.24. The van der Waals surface area contributed by atoms with Gasteiger partial charge in [-0.1, -0.05) is 30.3 Å². The van der Waals surface area contributed by atoms with Gasteiger partial charge in [-0.3, -0.25) is 4.99 Å². The second kappa shape index (κ2) is 8.36. The van der Waals surface area contributed by atoms with E-state index in [1.807, 2.05) is 38.5 Å². The maximum Gasteiger partial charge on any atom is 0.193 e. The molecular formula is C20H29N5O. The molecule has 1 aromatic heterocycles. The van der Waals surface area contributed by atoms with Crippen LogP contribution in [0.1, 0.15) is 25.1 Å². The van der Waals surface area contributed by atoms with Crippen molar-refractivity contribution in [2.75, 3.05) is 34.4 Å². The van der Waals surface area contributed by atoms with Gasteiger partial charge in [0, 0.05) is 34.4 Å². The van der Waals surface area contributed by atoms with Gasteiger partial charge in [-0.05, 0) is 30.2 Å². The number of aliphatic imine (C=N–C) groups is 1. The van der Waals surface area contributed by atoms with Gasteiger partial charge in [0.25, 0.3) is 0 Å². The van der Waals surface area contributed by atoms with Gasteiger partial charge >= 0.3 is 0 Å². The molecule has 0 amide bonds. The normalized spacial score (nSPS) is 15.7. The first-order valence-corrected chi connectivity index (χ1v) is 9.16. The fraction of sp³-hybridized carbons (Fsp3) is 0.500. The van der Waals surface area contributed by atoms with Crippen LogP contribution >= 0.6 is 0 Å². The van der Waals surface area contributed by atoms with Crippen LogP contribution in [0.5, 0.6) is 0 Å². The number of nitrogens with one attached hydrogen (secondary N) is 2. The van der Waals surface area contributed by atoms with Crippen molar-refractivity contribution in [1.82, 2.24) is 20.2 Å². The lowest BCUT2D eigenvalue weighted by Gasteiger charge is -2.24. The van der Waals surface area contributed by atoms with Gasteiger partial charge < -0.3 is 19.9 Å². The standard InChI is InChI=1S/C20H29N5O/c1-21-19(23-15-20(9-10-20)11-12-26-3)25(2)14-18-22-13-17(24-18)16-7-5-4-6-8-16/h4-8,13H,9-12,14-15H2,1-3H3,(H,21,23)(H,22,24). The van der Waals surface area contributed by atoms with Crippen LogP contribution in [0.2, 0.25) is 0 Å². The predicted molar refractivity (Wildman–Crippen MR) is 105 cm³/mol. The molecule has 0 bridgehead atoms. The number of hydrogen-bond donors (Lipinski definition) is 2. The summed E-state index contributed by atoms with van der Waals surface area (Å²) < 4.78 is 5.24. The number of imidazole rings is 1. The Bertz CT molecular complexity index is 721. The van der Waals surface area contributed by atoms with Crippen molar-refractivity contribution >= 4 is 5.96 Å². The molecule has 2 aromatic rings. The van der Waals surface area contributed by atoms with Gasteiger partial charge in [0.05, 0.1) is 18.4 Å². The summed E-state index contributed by atoms with van der Waals surface area (Å²) in [5.41, 5.74) is 2.57. The minimum atomic E-state index is 0.387. The minimum Gasteiger partial charge on any atom is -0.385 e. The van der Waals surface area contributed by atoms with Crippen LogP contribution in [0.15, 0.2) is 41.5 Å². The van der Waals surface area contributed by atoms with Gasteiger partial charge in [0.2, 0.25) is 0 Å². The molecule has 3 rings (SSSR count). The fourth-order valence-corrected chi connectivity index (χ4v) is 3.17. The zero-order chi connectivity index (χ0) is 18.4. The number of nitrogens with zero attached hydrogens (tertiary/aromatic N) is 3. The Morgan fingerprint density at radius 1 is 1.35 bits per heavy atom. The van der Waals surface area contributed by atoms with E-state index < -0.39 is 0 Å². The van der Waals surface area contributed by atoms with Crippen molar-refractivity contribution in [2.24, 2.45) is 10.4 Å². The Labute approximate surface area is 155 Å². The van der Waals surface area contributed by atoms with Crippen molar-refractivity contribution in [3.05, 3.63) is 42.4 Å². The first-order valence-electron chi connectivity index (χ1n) is 9.16. The van der Waals surface area contributed by atoms with Crippen LogP contribution in [0.25, 0.3) is 11.3 Å². The van der Waals surface area contributed by atoms with Crippen LogP contribution in [0.4, 0.5) is 0 Å². The summed E-state index contributed by atoms with van der Waals surface area (Å²) in [4.78, 5) is 14.4. The molecule has 140 valence electrons. The largest absolute Gasteiger partial charge is 0.385 e. The van der Waals surface area contributed by atoms with Crippen LogP contribution in [0.3, 0.4) is 0 Å². The molecule has 0 atom stereocenters. The average Bonchev–Trinajstić information content (AvgIpc) is 3.29. The molecule has 0 aliphatic heterocycles. The molecular weight excluding hydrogens is 326 g/mol. The van der Waals surface area contributed by atoms with Gasteiger partial charge in [-0.15, -0.1) is 0 Å². The topological polar surface area (TPSA) is 65.5 Å². The Hall–Kier alpha value is -2.34. The smallest absolute Gasteiger partial charge is 0.193 e. The number of aromatic amines is 1. The highest BCUT2D eigenvalue weighted by Gasteiger charge is 2.42. The Morgan fingerprint density at radius 3 is 2.77 bits per heavy atom. The van der Waals surface area contributed by atoms with E-state index >= 15 is 0 Å². The Morgan fingerprint density at radius 2 is 2.12 bits per heavy atom. The van der Waals surface area contributed by atoms with Gasteiger partial charge in [0.15, 0.2) is 5.96 Å². The van der Waals surface area contributed by atoms with Crippen molar-refractivity contribution in [2.45, 2.75) is 25.8 Å². The quantitative estimate of drug-likeness (QED) is 0.564. The number of methoxy groups -OCH3 is 1. The highest BCUT2D eigenvalue weighted by Crippen LogP contribution is 2.48. The summed E-state index contributed by atoms with van der Waals surface area (Å²) in [6, 6.07) is 10.2. The number of ether oxygens (including phenoxy) is 1. The number of guanidine groups is 1. The third-order valence-corrected chi connectivity index (χ3v) is 5.09.